The van der Waals surface area contributed by atoms with Crippen LogP contribution in [0.5, 0.6) is 11.5 Å². The molecule has 0 aliphatic rings. The summed E-state index contributed by atoms with van der Waals surface area (Å²) in [6.45, 7) is 8.30. The highest BCUT2D eigenvalue weighted by Crippen LogP contribution is 2.28. The van der Waals surface area contributed by atoms with Gasteiger partial charge in [-0.1, -0.05) is 19.0 Å². The molecule has 2 aromatic rings. The summed E-state index contributed by atoms with van der Waals surface area (Å²) < 4.78 is 12.8. The van der Waals surface area contributed by atoms with Gasteiger partial charge in [-0.15, -0.1) is 0 Å². The number of hydrogen-bond donors (Lipinski definition) is 1. The predicted octanol–water partition coefficient (Wildman–Crippen LogP) is 3.07. The van der Waals surface area contributed by atoms with E-state index in [4.69, 9.17) is 14.3 Å². The Bertz CT molecular complexity index is 843. The highest BCUT2D eigenvalue weighted by Gasteiger charge is 2.12. The molecule has 1 aromatic carbocycles. The Labute approximate surface area is 165 Å². The van der Waals surface area contributed by atoms with E-state index in [0.29, 0.717) is 29.7 Å². The summed E-state index contributed by atoms with van der Waals surface area (Å²) in [5.41, 5.74) is 3.10. The lowest BCUT2D eigenvalue weighted by Gasteiger charge is -2.12. The number of oxime groups is 1. The zero-order valence-electron chi connectivity index (χ0n) is 17.3. The predicted molar refractivity (Wildman–Crippen MR) is 108 cm³/mol. The molecule has 0 spiro atoms. The maximum absolute atomic E-state index is 12.0. The Kier molecular flexibility index (Phi) is 7.43. The van der Waals surface area contributed by atoms with Gasteiger partial charge in [0.25, 0.3) is 5.91 Å². The number of aromatic nitrogens is 2. The molecule has 8 heteroatoms. The van der Waals surface area contributed by atoms with Gasteiger partial charge in [-0.05, 0) is 38.0 Å². The van der Waals surface area contributed by atoms with Crippen molar-refractivity contribution in [1.29, 1.82) is 0 Å². The van der Waals surface area contributed by atoms with Crippen LogP contribution in [0.25, 0.3) is 0 Å². The molecule has 28 heavy (non-hydrogen) atoms. The first-order valence-electron chi connectivity index (χ1n) is 9.08. The standard InChI is InChI=1S/C20H28N4O4/c1-13(2)11-27-17-8-7-16(9-18(17)26-6)10-21-28-12-19(25)22-20-14(3)23-24(5)15(20)4/h7-10,13H,11-12H2,1-6H3,(H,22,25)/b21-10-. The van der Waals surface area contributed by atoms with Crippen LogP contribution in [0.4, 0.5) is 5.69 Å². The fourth-order valence-corrected chi connectivity index (χ4v) is 2.46. The van der Waals surface area contributed by atoms with Gasteiger partial charge >= 0.3 is 0 Å². The van der Waals surface area contributed by atoms with Crippen molar-refractivity contribution in [2.24, 2.45) is 18.1 Å². The first-order chi connectivity index (χ1) is 13.3. The third-order valence-corrected chi connectivity index (χ3v) is 4.01. The van der Waals surface area contributed by atoms with Crippen molar-refractivity contribution < 1.29 is 19.1 Å². The van der Waals surface area contributed by atoms with E-state index in [0.717, 1.165) is 17.0 Å². The second-order valence-corrected chi connectivity index (χ2v) is 6.84. The number of nitrogens with one attached hydrogen (secondary N) is 1. The van der Waals surface area contributed by atoms with E-state index in [2.05, 4.69) is 29.4 Å². The monoisotopic (exact) mass is 388 g/mol. The molecule has 0 bridgehead atoms. The van der Waals surface area contributed by atoms with Crippen LogP contribution in [0.2, 0.25) is 0 Å². The molecule has 0 fully saturated rings. The van der Waals surface area contributed by atoms with Crippen LogP contribution in [0, 0.1) is 19.8 Å². The van der Waals surface area contributed by atoms with Gasteiger partial charge in [-0.2, -0.15) is 5.10 Å². The highest BCUT2D eigenvalue weighted by atomic mass is 16.6. The van der Waals surface area contributed by atoms with E-state index in [1.807, 2.05) is 33.0 Å². The van der Waals surface area contributed by atoms with Crippen molar-refractivity contribution in [2.45, 2.75) is 27.7 Å². The molecule has 1 N–H and O–H groups in total. The Hall–Kier alpha value is -3.03. The Balaban J connectivity index is 1.89. The van der Waals surface area contributed by atoms with Crippen molar-refractivity contribution >= 4 is 17.8 Å². The molecule has 0 saturated carbocycles. The third-order valence-electron chi connectivity index (χ3n) is 4.01. The smallest absolute Gasteiger partial charge is 0.265 e. The summed E-state index contributed by atoms with van der Waals surface area (Å²) >= 11 is 0. The Morgan fingerprint density at radius 2 is 2.07 bits per heavy atom. The molecular formula is C20H28N4O4. The van der Waals surface area contributed by atoms with Crippen LogP contribution in [0.15, 0.2) is 23.4 Å². The van der Waals surface area contributed by atoms with E-state index >= 15 is 0 Å². The van der Waals surface area contributed by atoms with Gasteiger partial charge in [0.15, 0.2) is 18.1 Å². The van der Waals surface area contributed by atoms with Gasteiger partial charge in [0, 0.05) is 12.6 Å². The fraction of sp³-hybridized carbons (Fsp3) is 0.450. The highest BCUT2D eigenvalue weighted by molar-refractivity contribution is 5.92. The van der Waals surface area contributed by atoms with Crippen molar-refractivity contribution in [1.82, 2.24) is 9.78 Å². The average molecular weight is 388 g/mol. The quantitative estimate of drug-likeness (QED) is 0.527. The summed E-state index contributed by atoms with van der Waals surface area (Å²) in [4.78, 5) is 17.1. The summed E-state index contributed by atoms with van der Waals surface area (Å²) in [7, 11) is 3.41. The SMILES string of the molecule is COc1cc(/C=N\OCC(=O)Nc2c(C)nn(C)c2C)ccc1OCC(C)C. The lowest BCUT2D eigenvalue weighted by atomic mass is 10.2. The number of rotatable bonds is 9. The third kappa shape index (κ3) is 5.73. The lowest BCUT2D eigenvalue weighted by Crippen LogP contribution is -2.18. The number of benzene rings is 1. The largest absolute Gasteiger partial charge is 0.493 e. The Morgan fingerprint density at radius 3 is 2.68 bits per heavy atom. The van der Waals surface area contributed by atoms with Gasteiger partial charge in [-0.3, -0.25) is 9.48 Å². The van der Waals surface area contributed by atoms with Crippen LogP contribution >= 0.6 is 0 Å². The molecule has 152 valence electrons. The fourth-order valence-electron chi connectivity index (χ4n) is 2.46. The molecule has 0 atom stereocenters. The molecule has 0 unspecified atom stereocenters. The minimum Gasteiger partial charge on any atom is -0.493 e. The molecule has 1 heterocycles. The van der Waals surface area contributed by atoms with Crippen LogP contribution < -0.4 is 14.8 Å². The molecule has 0 aliphatic carbocycles. The van der Waals surface area contributed by atoms with Gasteiger partial charge in [-0.25, -0.2) is 0 Å². The summed E-state index contributed by atoms with van der Waals surface area (Å²) in [6, 6.07) is 5.46. The summed E-state index contributed by atoms with van der Waals surface area (Å²) in [5.74, 6) is 1.41. The molecule has 0 aliphatic heterocycles. The minimum absolute atomic E-state index is 0.197. The maximum Gasteiger partial charge on any atom is 0.265 e. The van der Waals surface area contributed by atoms with E-state index in [9.17, 15) is 4.79 Å². The first kappa shape index (κ1) is 21.3. The number of ether oxygens (including phenoxy) is 2. The number of carbonyl (C=O) groups is 1. The van der Waals surface area contributed by atoms with Gasteiger partial charge in [0.05, 0.1) is 37.0 Å². The number of anilines is 1. The van der Waals surface area contributed by atoms with Gasteiger partial charge in [0.2, 0.25) is 0 Å². The molecular weight excluding hydrogens is 360 g/mol. The second-order valence-electron chi connectivity index (χ2n) is 6.84. The van der Waals surface area contributed by atoms with E-state index in [-0.39, 0.29) is 12.5 Å². The van der Waals surface area contributed by atoms with Gasteiger partial charge < -0.3 is 19.6 Å². The van der Waals surface area contributed by atoms with E-state index in [1.54, 1.807) is 17.9 Å². The number of carbonyl (C=O) groups excluding carboxylic acids is 1. The van der Waals surface area contributed by atoms with E-state index < -0.39 is 0 Å². The van der Waals surface area contributed by atoms with Crippen LogP contribution in [0.1, 0.15) is 30.8 Å². The second kappa shape index (κ2) is 9.77. The molecule has 8 nitrogen and oxygen atoms in total. The van der Waals surface area contributed by atoms with Crippen molar-refractivity contribution in [2.75, 3.05) is 25.6 Å². The normalized spacial score (nSPS) is 11.1. The minimum atomic E-state index is -0.300. The number of methoxy groups -OCH3 is 1. The molecule has 0 saturated heterocycles. The van der Waals surface area contributed by atoms with Crippen molar-refractivity contribution in [3.63, 3.8) is 0 Å². The van der Waals surface area contributed by atoms with Crippen LogP contribution in [-0.2, 0) is 16.7 Å². The zero-order valence-corrected chi connectivity index (χ0v) is 17.3. The molecule has 1 aromatic heterocycles. The van der Waals surface area contributed by atoms with Crippen LogP contribution in [0.3, 0.4) is 0 Å². The van der Waals surface area contributed by atoms with Crippen molar-refractivity contribution in [3.05, 3.63) is 35.2 Å². The first-order valence-corrected chi connectivity index (χ1v) is 9.08. The van der Waals surface area contributed by atoms with Crippen molar-refractivity contribution in [3.8, 4) is 11.5 Å². The van der Waals surface area contributed by atoms with Crippen LogP contribution in [-0.4, -0.2) is 42.2 Å². The molecule has 0 radical (unpaired) electrons. The number of hydrogen-bond acceptors (Lipinski definition) is 6. The molecule has 1 amide bonds. The average Bonchev–Trinajstić information content (AvgIpc) is 2.89. The lowest BCUT2D eigenvalue weighted by molar-refractivity contribution is -0.120. The topological polar surface area (TPSA) is 87.0 Å². The summed E-state index contributed by atoms with van der Waals surface area (Å²) in [5, 5.41) is 10.9. The van der Waals surface area contributed by atoms with E-state index in [1.165, 1.54) is 6.21 Å². The maximum atomic E-state index is 12.0. The summed E-state index contributed by atoms with van der Waals surface area (Å²) in [6.07, 6.45) is 1.52. The zero-order chi connectivity index (χ0) is 20.7. The Morgan fingerprint density at radius 1 is 1.32 bits per heavy atom. The number of nitrogens with zero attached hydrogens (tertiary/aromatic N) is 3. The number of aryl methyl sites for hydroxylation is 2. The molecule has 2 rings (SSSR count). The van der Waals surface area contributed by atoms with Gasteiger partial charge in [0.1, 0.15) is 0 Å². The number of amides is 1.